The van der Waals surface area contributed by atoms with Crippen LogP contribution in [0.1, 0.15) is 23.0 Å². The van der Waals surface area contributed by atoms with E-state index in [2.05, 4.69) is 11.2 Å². The van der Waals surface area contributed by atoms with E-state index >= 15 is 0 Å². The fourth-order valence-electron chi connectivity index (χ4n) is 2.30. The molecular weight excluding hydrogens is 278 g/mol. The van der Waals surface area contributed by atoms with Crippen molar-refractivity contribution < 1.29 is 9.53 Å². The van der Waals surface area contributed by atoms with Gasteiger partial charge in [0.25, 0.3) is 0 Å². The van der Waals surface area contributed by atoms with Gasteiger partial charge in [-0.2, -0.15) is 10.4 Å². The van der Waals surface area contributed by atoms with Crippen molar-refractivity contribution in [1.29, 1.82) is 5.26 Å². The normalized spacial score (nSPS) is 10.4. The highest BCUT2D eigenvalue weighted by atomic mass is 16.5. The Morgan fingerprint density at radius 3 is 2.91 bits per heavy atom. The molecule has 0 fully saturated rings. The van der Waals surface area contributed by atoms with Crippen molar-refractivity contribution in [3.63, 3.8) is 0 Å². The second-order valence-corrected chi connectivity index (χ2v) is 4.69. The molecule has 5 heteroatoms. The van der Waals surface area contributed by atoms with Crippen LogP contribution in [0.5, 0.6) is 0 Å². The number of rotatable bonds is 3. The molecular formula is C17H13N3O2. The van der Waals surface area contributed by atoms with Crippen LogP contribution >= 0.6 is 0 Å². The average Bonchev–Trinajstić information content (AvgIpc) is 3.04. The van der Waals surface area contributed by atoms with Crippen molar-refractivity contribution in [3.05, 3.63) is 59.9 Å². The first kappa shape index (κ1) is 13.8. The van der Waals surface area contributed by atoms with Crippen molar-refractivity contribution in [3.8, 4) is 11.8 Å². The van der Waals surface area contributed by atoms with Crippen molar-refractivity contribution in [2.24, 2.45) is 0 Å². The molecule has 1 heterocycles. The smallest absolute Gasteiger partial charge is 0.358 e. The van der Waals surface area contributed by atoms with Crippen LogP contribution in [0.4, 0.5) is 0 Å². The van der Waals surface area contributed by atoms with Gasteiger partial charge < -0.3 is 4.74 Å². The lowest BCUT2D eigenvalue weighted by molar-refractivity contribution is 0.0519. The number of ether oxygens (including phenoxy) is 1. The number of hydrogen-bond acceptors (Lipinski definition) is 4. The summed E-state index contributed by atoms with van der Waals surface area (Å²) in [5.41, 5.74) is 1.54. The Morgan fingerprint density at radius 2 is 2.14 bits per heavy atom. The molecule has 0 atom stereocenters. The predicted octanol–water partition coefficient (Wildman–Crippen LogP) is 3.07. The van der Waals surface area contributed by atoms with Crippen LogP contribution in [0.25, 0.3) is 16.5 Å². The molecule has 0 saturated heterocycles. The molecule has 1 aromatic heterocycles. The molecule has 22 heavy (non-hydrogen) atoms. The molecule has 0 radical (unpaired) electrons. The zero-order chi connectivity index (χ0) is 15.5. The Hall–Kier alpha value is -3.13. The second-order valence-electron chi connectivity index (χ2n) is 4.69. The van der Waals surface area contributed by atoms with Crippen LogP contribution in [0.2, 0.25) is 0 Å². The number of carbonyl (C=O) groups excluding carboxylic acids is 1. The van der Waals surface area contributed by atoms with E-state index in [1.165, 1.54) is 0 Å². The summed E-state index contributed by atoms with van der Waals surface area (Å²) >= 11 is 0. The Bertz CT molecular complexity index is 890. The highest BCUT2D eigenvalue weighted by Crippen LogP contribution is 2.22. The molecule has 0 spiro atoms. The maximum atomic E-state index is 11.7. The number of benzene rings is 2. The van der Waals surface area contributed by atoms with Gasteiger partial charge in [-0.25, -0.2) is 9.48 Å². The van der Waals surface area contributed by atoms with Gasteiger partial charge in [0, 0.05) is 6.20 Å². The van der Waals surface area contributed by atoms with Crippen LogP contribution in [-0.2, 0) is 4.74 Å². The standard InChI is InChI=1S/C17H13N3O2/c1-2-22-17(21)16-7-8-20(19-16)14-9-12-5-3-4-6-15(12)13(10-14)11-18/h3-10H,2H2,1H3. The summed E-state index contributed by atoms with van der Waals surface area (Å²) in [6, 6.07) is 15.1. The number of aromatic nitrogens is 2. The topological polar surface area (TPSA) is 67.9 Å². The minimum atomic E-state index is -0.456. The van der Waals surface area contributed by atoms with Gasteiger partial charge in [0.05, 0.1) is 23.9 Å². The van der Waals surface area contributed by atoms with E-state index in [0.29, 0.717) is 12.2 Å². The summed E-state index contributed by atoms with van der Waals surface area (Å²) in [6.45, 7) is 2.05. The maximum Gasteiger partial charge on any atom is 0.358 e. The lowest BCUT2D eigenvalue weighted by Crippen LogP contribution is -2.06. The molecule has 0 aliphatic rings. The van der Waals surface area contributed by atoms with Crippen LogP contribution in [-0.4, -0.2) is 22.4 Å². The lowest BCUT2D eigenvalue weighted by Gasteiger charge is -2.06. The van der Waals surface area contributed by atoms with E-state index in [4.69, 9.17) is 4.74 Å². The number of hydrogen-bond donors (Lipinski definition) is 0. The monoisotopic (exact) mass is 291 g/mol. The molecule has 0 bridgehead atoms. The van der Waals surface area contributed by atoms with Crippen molar-refractivity contribution in [2.45, 2.75) is 6.92 Å². The third kappa shape index (κ3) is 2.42. The maximum absolute atomic E-state index is 11.7. The SMILES string of the molecule is CCOC(=O)c1ccn(-c2cc(C#N)c3ccccc3c2)n1. The zero-order valence-corrected chi connectivity index (χ0v) is 12.0. The van der Waals surface area contributed by atoms with E-state index < -0.39 is 5.97 Å². The molecule has 0 saturated carbocycles. The molecule has 0 unspecified atom stereocenters. The molecule has 5 nitrogen and oxygen atoms in total. The molecule has 3 aromatic rings. The fraction of sp³-hybridized carbons (Fsp3) is 0.118. The van der Waals surface area contributed by atoms with E-state index in [-0.39, 0.29) is 5.69 Å². The van der Waals surface area contributed by atoms with Gasteiger partial charge in [0.15, 0.2) is 5.69 Å². The summed E-state index contributed by atoms with van der Waals surface area (Å²) < 4.78 is 6.49. The summed E-state index contributed by atoms with van der Waals surface area (Å²) in [4.78, 5) is 11.7. The van der Waals surface area contributed by atoms with E-state index in [9.17, 15) is 10.1 Å². The summed E-state index contributed by atoms with van der Waals surface area (Å²) in [6.07, 6.45) is 1.68. The first-order valence-electron chi connectivity index (χ1n) is 6.89. The first-order chi connectivity index (χ1) is 10.7. The van der Waals surface area contributed by atoms with Gasteiger partial charge in [-0.05, 0) is 35.9 Å². The third-order valence-electron chi connectivity index (χ3n) is 3.31. The molecule has 0 aliphatic carbocycles. The van der Waals surface area contributed by atoms with Crippen molar-refractivity contribution >= 4 is 16.7 Å². The molecule has 0 N–H and O–H groups in total. The largest absolute Gasteiger partial charge is 0.461 e. The van der Waals surface area contributed by atoms with Gasteiger partial charge in [-0.3, -0.25) is 0 Å². The van der Waals surface area contributed by atoms with Gasteiger partial charge in [0.2, 0.25) is 0 Å². The van der Waals surface area contributed by atoms with Gasteiger partial charge in [0.1, 0.15) is 0 Å². The number of fused-ring (bicyclic) bond motifs is 1. The lowest BCUT2D eigenvalue weighted by atomic mass is 10.0. The van der Waals surface area contributed by atoms with E-state index in [1.54, 1.807) is 29.9 Å². The number of nitrogens with zero attached hydrogens (tertiary/aromatic N) is 3. The van der Waals surface area contributed by atoms with Crippen LogP contribution in [0, 0.1) is 11.3 Å². The molecule has 0 amide bonds. The first-order valence-corrected chi connectivity index (χ1v) is 6.89. The fourth-order valence-corrected chi connectivity index (χ4v) is 2.30. The van der Waals surface area contributed by atoms with Crippen molar-refractivity contribution in [2.75, 3.05) is 6.61 Å². The Morgan fingerprint density at radius 1 is 1.32 bits per heavy atom. The average molecular weight is 291 g/mol. The highest BCUT2D eigenvalue weighted by Gasteiger charge is 2.12. The van der Waals surface area contributed by atoms with E-state index in [0.717, 1.165) is 16.5 Å². The molecule has 108 valence electrons. The Kier molecular flexibility index (Phi) is 3.58. The number of carbonyl (C=O) groups is 1. The summed E-state index contributed by atoms with van der Waals surface area (Å²) in [5, 5.41) is 15.4. The predicted molar refractivity (Wildman–Crippen MR) is 81.7 cm³/mol. The van der Waals surface area contributed by atoms with Crippen LogP contribution in [0.15, 0.2) is 48.7 Å². The zero-order valence-electron chi connectivity index (χ0n) is 12.0. The quantitative estimate of drug-likeness (QED) is 0.695. The molecule has 0 aliphatic heterocycles. The third-order valence-corrected chi connectivity index (χ3v) is 3.31. The van der Waals surface area contributed by atoms with Crippen molar-refractivity contribution in [1.82, 2.24) is 9.78 Å². The number of esters is 1. The number of nitriles is 1. The minimum absolute atomic E-state index is 0.244. The van der Waals surface area contributed by atoms with Crippen LogP contribution in [0.3, 0.4) is 0 Å². The second kappa shape index (κ2) is 5.70. The van der Waals surface area contributed by atoms with E-state index in [1.807, 2.05) is 30.3 Å². The van der Waals surface area contributed by atoms with Crippen LogP contribution < -0.4 is 0 Å². The van der Waals surface area contributed by atoms with Gasteiger partial charge in [-0.1, -0.05) is 24.3 Å². The minimum Gasteiger partial charge on any atom is -0.461 e. The summed E-state index contributed by atoms with van der Waals surface area (Å²) in [5.74, 6) is -0.456. The Balaban J connectivity index is 2.07. The van der Waals surface area contributed by atoms with Gasteiger partial charge >= 0.3 is 5.97 Å². The molecule has 3 rings (SSSR count). The van der Waals surface area contributed by atoms with Gasteiger partial charge in [-0.15, -0.1) is 0 Å². The Labute approximate surface area is 127 Å². The molecule has 2 aromatic carbocycles. The highest BCUT2D eigenvalue weighted by molar-refractivity contribution is 5.90. The summed E-state index contributed by atoms with van der Waals surface area (Å²) in [7, 11) is 0.